The van der Waals surface area contributed by atoms with Gasteiger partial charge in [0, 0.05) is 24.4 Å². The molecule has 0 spiro atoms. The van der Waals surface area contributed by atoms with Crippen LogP contribution in [0.3, 0.4) is 0 Å². The van der Waals surface area contributed by atoms with Crippen LogP contribution in [0.15, 0.2) is 181 Å². The first-order valence-corrected chi connectivity index (χ1v) is 19.4. The molecule has 1 atom stereocenters. The summed E-state index contributed by atoms with van der Waals surface area (Å²) in [5, 5.41) is 2.66. The van der Waals surface area contributed by atoms with Crippen molar-refractivity contribution in [2.75, 3.05) is 0 Å². The normalized spacial score (nSPS) is 14.4. The minimum Gasteiger partial charge on any atom is -0.264 e. The van der Waals surface area contributed by atoms with Crippen LogP contribution < -0.4 is 0 Å². The average Bonchev–Trinajstić information content (AvgIpc) is 3.69. The van der Waals surface area contributed by atoms with Gasteiger partial charge in [-0.3, -0.25) is 9.98 Å². The molecular weight excluding hydrogens is 665 g/mol. The van der Waals surface area contributed by atoms with Gasteiger partial charge in [-0.05, 0) is 114 Å². The molecule has 0 bridgehead atoms. The maximum atomic E-state index is 5.40. The first-order valence-electron chi connectivity index (χ1n) is 19.4. The summed E-state index contributed by atoms with van der Waals surface area (Å²) >= 11 is 0. The van der Waals surface area contributed by atoms with Gasteiger partial charge in [-0.25, -0.2) is 0 Å². The van der Waals surface area contributed by atoms with Crippen LogP contribution in [0, 0.1) is 0 Å². The van der Waals surface area contributed by atoms with Gasteiger partial charge in [-0.2, -0.15) is 0 Å². The first-order chi connectivity index (χ1) is 27.1. The zero-order chi connectivity index (χ0) is 36.7. The number of benzene rings is 7. The molecule has 55 heavy (non-hydrogen) atoms. The van der Waals surface area contributed by atoms with Crippen LogP contribution in [-0.2, 0) is 12.8 Å². The van der Waals surface area contributed by atoms with E-state index in [0.717, 1.165) is 41.8 Å². The Morgan fingerprint density at radius 3 is 1.91 bits per heavy atom. The molecule has 2 heterocycles. The summed E-state index contributed by atoms with van der Waals surface area (Å²) < 4.78 is 0. The third-order valence-corrected chi connectivity index (χ3v) is 11.5. The Hall–Kier alpha value is -6.64. The van der Waals surface area contributed by atoms with E-state index >= 15 is 0 Å². The Morgan fingerprint density at radius 2 is 1.20 bits per heavy atom. The highest BCUT2D eigenvalue weighted by atomic mass is 14.8. The van der Waals surface area contributed by atoms with Crippen molar-refractivity contribution >= 4 is 28.2 Å². The maximum absolute atomic E-state index is 5.40. The maximum Gasteiger partial charge on any atom is 0.0747 e. The van der Waals surface area contributed by atoms with Gasteiger partial charge in [0.05, 0.1) is 11.4 Å². The molecule has 10 rings (SSSR count). The van der Waals surface area contributed by atoms with E-state index in [1.807, 2.05) is 18.5 Å². The van der Waals surface area contributed by atoms with Crippen molar-refractivity contribution in [3.8, 4) is 44.5 Å². The van der Waals surface area contributed by atoms with Gasteiger partial charge < -0.3 is 0 Å². The van der Waals surface area contributed by atoms with Gasteiger partial charge >= 0.3 is 0 Å². The highest BCUT2D eigenvalue weighted by molar-refractivity contribution is 6.08. The van der Waals surface area contributed by atoms with Crippen molar-refractivity contribution in [2.45, 2.75) is 32.1 Å². The fourth-order valence-electron chi connectivity index (χ4n) is 8.67. The molecule has 1 aliphatic heterocycles. The molecule has 0 N–H and O–H groups in total. The fraction of sp³-hybridized carbons (Fsp3) is 0.0943. The minimum atomic E-state index is 0.480. The summed E-state index contributed by atoms with van der Waals surface area (Å²) in [6, 6.07) is 57.5. The summed E-state index contributed by atoms with van der Waals surface area (Å²) in [4.78, 5) is 9.74. The standard InChI is InChI=1S/C53H40N2/c1-35-9-7-15-49-48-14-6-5-12-44(48)32-46(52(35)49)29-36-30-47-33-51(55-53(47)50(31-36)42-24-20-41(21-25-42)45-13-8-28-54-34-45)43-26-22-40(23-27-43)39-18-16-38(17-19-39)37-10-3-2-4-11-37/h2-8,10-28,30-32,34-35H,9,29,33H2,1H3. The Balaban J connectivity index is 1.01. The minimum absolute atomic E-state index is 0.480. The molecule has 2 nitrogen and oxygen atoms in total. The fourth-order valence-corrected chi connectivity index (χ4v) is 8.67. The van der Waals surface area contributed by atoms with Crippen LogP contribution in [0.4, 0.5) is 5.69 Å². The Bertz CT molecular complexity index is 2740. The molecule has 1 unspecified atom stereocenters. The molecule has 0 saturated carbocycles. The van der Waals surface area contributed by atoms with E-state index in [2.05, 4.69) is 176 Å². The van der Waals surface area contributed by atoms with Gasteiger partial charge in [-0.15, -0.1) is 0 Å². The molecule has 0 amide bonds. The monoisotopic (exact) mass is 704 g/mol. The van der Waals surface area contributed by atoms with Gasteiger partial charge in [0.2, 0.25) is 0 Å². The number of hydrogen-bond donors (Lipinski definition) is 0. The van der Waals surface area contributed by atoms with Crippen LogP contribution >= 0.6 is 0 Å². The third-order valence-electron chi connectivity index (χ3n) is 11.5. The average molecular weight is 705 g/mol. The van der Waals surface area contributed by atoms with E-state index in [-0.39, 0.29) is 0 Å². The largest absolute Gasteiger partial charge is 0.264 e. The molecule has 0 fully saturated rings. The number of allylic oxidation sites excluding steroid dienone is 1. The predicted octanol–water partition coefficient (Wildman–Crippen LogP) is 13.7. The molecule has 7 aromatic carbocycles. The number of fused-ring (bicyclic) bond motifs is 4. The lowest BCUT2D eigenvalue weighted by Crippen LogP contribution is -2.07. The second-order valence-corrected chi connectivity index (χ2v) is 15.0. The third kappa shape index (κ3) is 6.30. The number of hydrogen-bond acceptors (Lipinski definition) is 2. The van der Waals surface area contributed by atoms with Crippen LogP contribution in [0.5, 0.6) is 0 Å². The quantitative estimate of drug-likeness (QED) is 0.162. The predicted molar refractivity (Wildman–Crippen MR) is 231 cm³/mol. The van der Waals surface area contributed by atoms with Gasteiger partial charge in [0.1, 0.15) is 0 Å². The lowest BCUT2D eigenvalue weighted by Gasteiger charge is -2.24. The summed E-state index contributed by atoms with van der Waals surface area (Å²) in [7, 11) is 0. The van der Waals surface area contributed by atoms with E-state index in [1.54, 1.807) is 0 Å². The smallest absolute Gasteiger partial charge is 0.0747 e. The molecule has 0 saturated heterocycles. The number of nitrogens with zero attached hydrogens (tertiary/aromatic N) is 2. The highest BCUT2D eigenvalue weighted by Gasteiger charge is 2.24. The number of rotatable bonds is 7. The molecule has 2 aliphatic rings. The van der Waals surface area contributed by atoms with E-state index in [1.165, 1.54) is 77.5 Å². The summed E-state index contributed by atoms with van der Waals surface area (Å²) in [6.45, 7) is 2.38. The highest BCUT2D eigenvalue weighted by Crippen LogP contribution is 2.43. The second kappa shape index (κ2) is 14.0. The summed E-state index contributed by atoms with van der Waals surface area (Å²) in [5.41, 5.74) is 19.9. The van der Waals surface area contributed by atoms with Crippen molar-refractivity contribution in [2.24, 2.45) is 4.99 Å². The Labute approximate surface area is 323 Å². The molecule has 8 aromatic rings. The van der Waals surface area contributed by atoms with Crippen molar-refractivity contribution in [1.29, 1.82) is 0 Å². The van der Waals surface area contributed by atoms with Crippen molar-refractivity contribution < 1.29 is 0 Å². The van der Waals surface area contributed by atoms with Crippen LogP contribution in [0.1, 0.15) is 52.6 Å². The lowest BCUT2D eigenvalue weighted by atomic mass is 9.80. The van der Waals surface area contributed by atoms with Crippen molar-refractivity contribution in [3.63, 3.8) is 0 Å². The van der Waals surface area contributed by atoms with Gasteiger partial charge in [0.25, 0.3) is 0 Å². The molecular formula is C53H40N2. The molecule has 2 heteroatoms. The molecule has 0 radical (unpaired) electrons. The van der Waals surface area contributed by atoms with E-state index < -0.39 is 0 Å². The lowest BCUT2D eigenvalue weighted by molar-refractivity contribution is 0.762. The molecule has 1 aliphatic carbocycles. The van der Waals surface area contributed by atoms with Crippen LogP contribution in [-0.4, -0.2) is 10.7 Å². The Morgan fingerprint density at radius 1 is 0.582 bits per heavy atom. The number of aliphatic imine (C=N–C) groups is 1. The zero-order valence-electron chi connectivity index (χ0n) is 30.9. The number of pyridine rings is 1. The Kier molecular flexibility index (Phi) is 8.37. The number of aromatic nitrogens is 1. The summed E-state index contributed by atoms with van der Waals surface area (Å²) in [5.74, 6) is 0.480. The topological polar surface area (TPSA) is 25.2 Å². The molecule has 262 valence electrons. The van der Waals surface area contributed by atoms with Crippen molar-refractivity contribution in [1.82, 2.24) is 4.98 Å². The van der Waals surface area contributed by atoms with E-state index in [0.29, 0.717) is 5.92 Å². The van der Waals surface area contributed by atoms with Gasteiger partial charge in [-0.1, -0.05) is 165 Å². The van der Waals surface area contributed by atoms with Crippen LogP contribution in [0.2, 0.25) is 0 Å². The van der Waals surface area contributed by atoms with E-state index in [4.69, 9.17) is 4.99 Å². The van der Waals surface area contributed by atoms with E-state index in [9.17, 15) is 0 Å². The van der Waals surface area contributed by atoms with Gasteiger partial charge in [0.15, 0.2) is 0 Å². The van der Waals surface area contributed by atoms with Crippen LogP contribution in [0.25, 0.3) is 61.4 Å². The first kappa shape index (κ1) is 33.0. The summed E-state index contributed by atoms with van der Waals surface area (Å²) in [6.07, 6.45) is 11.2. The zero-order valence-corrected chi connectivity index (χ0v) is 30.9. The molecule has 1 aromatic heterocycles. The second-order valence-electron chi connectivity index (χ2n) is 15.0. The SMILES string of the molecule is CC1CC=Cc2c1c(Cc1cc3c(c(-c4ccc(-c5cccnc5)cc4)c1)N=C(c1ccc(-c4ccc(-c5ccccc5)cc4)cc1)C3)cc1ccccc21. The van der Waals surface area contributed by atoms with Crippen molar-refractivity contribution in [3.05, 3.63) is 210 Å².